The summed E-state index contributed by atoms with van der Waals surface area (Å²) in [6.45, 7) is 8.48. The number of anilines is 1. The molecule has 0 aromatic heterocycles. The first-order valence-corrected chi connectivity index (χ1v) is 10.2. The fraction of sp³-hybridized carbons (Fsp3) is 0.360. The van der Waals surface area contributed by atoms with Gasteiger partial charge < -0.3 is 9.64 Å². The first kappa shape index (κ1) is 23.1. The molecule has 3 nitrogen and oxygen atoms in total. The number of ether oxygens (including phenoxy) is 1. The van der Waals surface area contributed by atoms with Crippen LogP contribution in [0.25, 0.3) is 0 Å². The van der Waals surface area contributed by atoms with Gasteiger partial charge in [-0.05, 0) is 82.8 Å². The van der Waals surface area contributed by atoms with Gasteiger partial charge in [0.25, 0.3) is 0 Å². The third-order valence-electron chi connectivity index (χ3n) is 5.83. The summed E-state index contributed by atoms with van der Waals surface area (Å²) in [6, 6.07) is 9.60. The quantitative estimate of drug-likeness (QED) is 0.667. The molecule has 1 aromatic rings. The molecular weight excluding hydrogens is 400 g/mol. The van der Waals surface area contributed by atoms with E-state index < -0.39 is 0 Å². The van der Waals surface area contributed by atoms with Gasteiger partial charge in [-0.1, -0.05) is 31.5 Å². The molecule has 10 radical (unpaired) electrons. The van der Waals surface area contributed by atoms with Gasteiger partial charge >= 0.3 is 17.1 Å². The number of rotatable bonds is 3. The summed E-state index contributed by atoms with van der Waals surface area (Å²) in [5.74, 6) is 1.96. The summed E-state index contributed by atoms with van der Waals surface area (Å²) in [6.07, 6.45) is 18.8. The average Bonchev–Trinajstić information content (AvgIpc) is 3.45. The van der Waals surface area contributed by atoms with Crippen LogP contribution in [0.1, 0.15) is 19.4 Å². The average molecular weight is 430 g/mol. The molecule has 4 aliphatic rings. The minimum atomic E-state index is 0. The van der Waals surface area contributed by atoms with Crippen LogP contribution in [0.15, 0.2) is 24.3 Å². The Labute approximate surface area is 189 Å². The molecule has 5 rings (SSSR count). The van der Waals surface area contributed by atoms with E-state index in [4.69, 9.17) is 4.74 Å². The van der Waals surface area contributed by atoms with E-state index >= 15 is 0 Å². The van der Waals surface area contributed by atoms with Crippen molar-refractivity contribution in [3.05, 3.63) is 93.5 Å². The van der Waals surface area contributed by atoms with Crippen LogP contribution in [0.3, 0.4) is 0 Å². The van der Waals surface area contributed by atoms with Gasteiger partial charge in [-0.25, -0.2) is 0 Å². The minimum Gasteiger partial charge on any atom is -0.355 e. The van der Waals surface area contributed by atoms with E-state index in [1.807, 2.05) is 32.1 Å². The maximum atomic E-state index is 6.36. The summed E-state index contributed by atoms with van der Waals surface area (Å²) in [4.78, 5) is 5.05. The summed E-state index contributed by atoms with van der Waals surface area (Å²) in [5.41, 5.74) is 2.55. The molecule has 2 saturated carbocycles. The Balaban J connectivity index is 0.000000352. The molecule has 0 amide bonds. The predicted octanol–water partition coefficient (Wildman–Crippen LogP) is 4.25. The van der Waals surface area contributed by atoms with E-state index in [2.05, 4.69) is 80.5 Å². The van der Waals surface area contributed by atoms with E-state index in [1.165, 1.54) is 17.2 Å². The maximum Gasteiger partial charge on any atom is 2.00 e. The summed E-state index contributed by atoms with van der Waals surface area (Å²) in [7, 11) is 0. The zero-order valence-electron chi connectivity index (χ0n) is 17.4. The molecule has 1 unspecified atom stereocenters. The molecule has 2 aliphatic heterocycles. The molecule has 2 bridgehead atoms. The van der Waals surface area contributed by atoms with Crippen LogP contribution in [0, 0.1) is 76.5 Å². The van der Waals surface area contributed by atoms with Crippen molar-refractivity contribution >= 4 is 5.69 Å². The zero-order valence-corrected chi connectivity index (χ0v) is 18.5. The standard InChI is InChI=1S/C20H25N2O.C5H5.Fe/c1-14(2)18-12-23-20-19(16-6-4-5-7-16)22(18)13-21(20)17-10-8-15(3)9-11-17;1-2-4-5-3-1;/h4-11,14,18-20H,12-13H2,1-3H3;1-5H;/q;;+2/t18-,19+,20+;;/m0../s1. The van der Waals surface area contributed by atoms with Crippen LogP contribution in [0.5, 0.6) is 0 Å². The molecule has 2 saturated heterocycles. The molecular formula is C25H30FeN2O+2. The molecule has 0 N–H and O–H groups in total. The molecule has 2 heterocycles. The van der Waals surface area contributed by atoms with E-state index in [9.17, 15) is 0 Å². The first-order valence-electron chi connectivity index (χ1n) is 10.2. The Morgan fingerprint density at radius 3 is 2.03 bits per heavy atom. The topological polar surface area (TPSA) is 15.7 Å². The molecule has 152 valence electrons. The van der Waals surface area contributed by atoms with Crippen molar-refractivity contribution in [3.8, 4) is 0 Å². The largest absolute Gasteiger partial charge is 2.00 e. The SMILES string of the molecule is Cc1ccc(N2CN3[C@H]([C]4[CH][CH][CH][CH]4)[C@H]2OC[C@H]3C(C)C)cc1.[CH]1[CH][CH][CH][CH]1.[Fe+2]. The van der Waals surface area contributed by atoms with E-state index in [0.717, 1.165) is 13.3 Å². The van der Waals surface area contributed by atoms with Crippen molar-refractivity contribution in [1.82, 2.24) is 4.90 Å². The van der Waals surface area contributed by atoms with Gasteiger partial charge in [0, 0.05) is 17.6 Å². The van der Waals surface area contributed by atoms with Crippen molar-refractivity contribution in [2.45, 2.75) is 39.1 Å². The number of hydrogen-bond donors (Lipinski definition) is 0. The van der Waals surface area contributed by atoms with Gasteiger partial charge in [-0.15, -0.1) is 0 Å². The van der Waals surface area contributed by atoms with E-state index in [0.29, 0.717) is 18.0 Å². The molecule has 2 aliphatic carbocycles. The van der Waals surface area contributed by atoms with Crippen molar-refractivity contribution in [3.63, 3.8) is 0 Å². The predicted molar refractivity (Wildman–Crippen MR) is 114 cm³/mol. The molecule has 4 fully saturated rings. The molecule has 1 aromatic carbocycles. The molecule has 4 atom stereocenters. The summed E-state index contributed by atoms with van der Waals surface area (Å²) in [5, 5.41) is 0. The zero-order chi connectivity index (χ0) is 19.5. The minimum absolute atomic E-state index is 0. The van der Waals surface area contributed by atoms with Crippen LogP contribution < -0.4 is 4.90 Å². The monoisotopic (exact) mass is 430 g/mol. The second-order valence-electron chi connectivity index (χ2n) is 8.12. The summed E-state index contributed by atoms with van der Waals surface area (Å²) >= 11 is 0. The van der Waals surface area contributed by atoms with Crippen LogP contribution in [0.4, 0.5) is 5.69 Å². The van der Waals surface area contributed by atoms with Crippen LogP contribution in [-0.2, 0) is 21.8 Å². The third-order valence-corrected chi connectivity index (χ3v) is 5.83. The van der Waals surface area contributed by atoms with Gasteiger partial charge in [0.15, 0.2) is 0 Å². The van der Waals surface area contributed by atoms with Gasteiger partial charge in [0.05, 0.1) is 19.3 Å². The molecule has 29 heavy (non-hydrogen) atoms. The molecule has 4 heteroatoms. The van der Waals surface area contributed by atoms with E-state index in [1.54, 1.807) is 0 Å². The Hall–Kier alpha value is -0.541. The third kappa shape index (κ3) is 5.21. The van der Waals surface area contributed by atoms with E-state index in [-0.39, 0.29) is 23.3 Å². The Morgan fingerprint density at radius 2 is 1.48 bits per heavy atom. The van der Waals surface area contributed by atoms with Crippen LogP contribution in [0.2, 0.25) is 0 Å². The van der Waals surface area contributed by atoms with Crippen LogP contribution >= 0.6 is 0 Å². The number of morpholine rings is 1. The van der Waals surface area contributed by atoms with Crippen molar-refractivity contribution in [1.29, 1.82) is 0 Å². The number of aryl methyl sites for hydroxylation is 1. The summed E-state index contributed by atoms with van der Waals surface area (Å²) < 4.78 is 6.36. The molecule has 0 spiro atoms. The Bertz CT molecular complexity index is 602. The Kier molecular flexibility index (Phi) is 8.50. The van der Waals surface area contributed by atoms with Gasteiger partial charge in [0.1, 0.15) is 6.23 Å². The van der Waals surface area contributed by atoms with Crippen molar-refractivity contribution in [2.24, 2.45) is 5.92 Å². The maximum absolute atomic E-state index is 6.36. The van der Waals surface area contributed by atoms with Crippen LogP contribution in [-0.4, -0.2) is 36.5 Å². The Morgan fingerprint density at radius 1 is 0.897 bits per heavy atom. The fourth-order valence-electron chi connectivity index (χ4n) is 4.27. The van der Waals surface area contributed by atoms with Gasteiger partial charge in [-0.2, -0.15) is 0 Å². The van der Waals surface area contributed by atoms with Crippen molar-refractivity contribution < 1.29 is 21.8 Å². The second kappa shape index (κ2) is 10.7. The number of hydrogen-bond acceptors (Lipinski definition) is 3. The van der Waals surface area contributed by atoms with Crippen molar-refractivity contribution in [2.75, 3.05) is 18.2 Å². The number of benzene rings is 1. The number of fused-ring (bicyclic) bond motifs is 2. The van der Waals surface area contributed by atoms with Gasteiger partial charge in [-0.3, -0.25) is 4.90 Å². The second-order valence-corrected chi connectivity index (χ2v) is 8.12. The van der Waals surface area contributed by atoms with Gasteiger partial charge in [0.2, 0.25) is 0 Å². The normalized spacial score (nSPS) is 31.5. The number of nitrogens with zero attached hydrogens (tertiary/aromatic N) is 2. The first-order chi connectivity index (χ1) is 13.6. The fourth-order valence-corrected chi connectivity index (χ4v) is 4.27. The smallest absolute Gasteiger partial charge is 0.355 e.